The highest BCUT2D eigenvalue weighted by molar-refractivity contribution is 7.18. The van der Waals surface area contributed by atoms with E-state index in [0.29, 0.717) is 15.4 Å². The van der Waals surface area contributed by atoms with Crippen LogP contribution in [0.15, 0.2) is 59.2 Å². The van der Waals surface area contributed by atoms with E-state index in [1.165, 1.54) is 6.26 Å². The molecular weight excluding hydrogens is 366 g/mol. The van der Waals surface area contributed by atoms with Gasteiger partial charge in [0.15, 0.2) is 5.76 Å². The molecule has 138 valence electrons. The lowest BCUT2D eigenvalue weighted by atomic mass is 10.1. The number of amides is 3. The van der Waals surface area contributed by atoms with Crippen LogP contribution in [0.4, 0.5) is 5.00 Å². The van der Waals surface area contributed by atoms with Crippen LogP contribution in [0.2, 0.25) is 0 Å². The molecule has 0 saturated carbocycles. The van der Waals surface area contributed by atoms with Gasteiger partial charge < -0.3 is 20.4 Å². The molecule has 2 aromatic heterocycles. The quantitative estimate of drug-likeness (QED) is 0.609. The molecule has 0 spiro atoms. The van der Waals surface area contributed by atoms with Crippen LogP contribution < -0.4 is 16.0 Å². The van der Waals surface area contributed by atoms with Gasteiger partial charge in [0.05, 0.1) is 16.1 Å². The molecule has 0 bridgehead atoms. The highest BCUT2D eigenvalue weighted by atomic mass is 32.1. The monoisotopic (exact) mass is 383 g/mol. The van der Waals surface area contributed by atoms with E-state index in [9.17, 15) is 14.4 Å². The first-order valence-electron chi connectivity index (χ1n) is 8.10. The van der Waals surface area contributed by atoms with E-state index in [-0.39, 0.29) is 30.0 Å². The van der Waals surface area contributed by atoms with E-state index in [4.69, 9.17) is 4.42 Å². The summed E-state index contributed by atoms with van der Waals surface area (Å²) >= 11 is 1.16. The van der Waals surface area contributed by atoms with Crippen molar-refractivity contribution in [1.29, 1.82) is 0 Å². The van der Waals surface area contributed by atoms with Crippen LogP contribution >= 0.6 is 11.3 Å². The van der Waals surface area contributed by atoms with E-state index in [1.807, 2.05) is 6.07 Å². The summed E-state index contributed by atoms with van der Waals surface area (Å²) in [7, 11) is 1.57. The summed E-state index contributed by atoms with van der Waals surface area (Å²) in [5, 5.41) is 8.59. The predicted molar refractivity (Wildman–Crippen MR) is 102 cm³/mol. The van der Waals surface area contributed by atoms with Crippen molar-refractivity contribution < 1.29 is 18.8 Å². The van der Waals surface area contributed by atoms with Gasteiger partial charge in [0.1, 0.15) is 0 Å². The van der Waals surface area contributed by atoms with Gasteiger partial charge in [-0.2, -0.15) is 0 Å². The van der Waals surface area contributed by atoms with Crippen LogP contribution in [0.3, 0.4) is 0 Å². The molecule has 0 fully saturated rings. The molecule has 8 heteroatoms. The van der Waals surface area contributed by atoms with Crippen molar-refractivity contribution in [2.75, 3.05) is 12.4 Å². The summed E-state index contributed by atoms with van der Waals surface area (Å²) in [6.07, 6.45) is 1.42. The third kappa shape index (κ3) is 4.62. The van der Waals surface area contributed by atoms with E-state index in [1.54, 1.807) is 49.5 Å². The van der Waals surface area contributed by atoms with Gasteiger partial charge in [0.25, 0.3) is 17.7 Å². The maximum absolute atomic E-state index is 12.3. The summed E-state index contributed by atoms with van der Waals surface area (Å²) in [5.74, 6) is -0.618. The largest absolute Gasteiger partial charge is 0.459 e. The summed E-state index contributed by atoms with van der Waals surface area (Å²) in [6.45, 7) is 0.287. The molecule has 0 aliphatic rings. The van der Waals surface area contributed by atoms with Gasteiger partial charge in [-0.3, -0.25) is 14.4 Å². The molecule has 0 radical (unpaired) electrons. The Morgan fingerprint density at radius 1 is 1.00 bits per heavy atom. The number of thiophene rings is 1. The van der Waals surface area contributed by atoms with Crippen molar-refractivity contribution in [2.24, 2.45) is 0 Å². The zero-order chi connectivity index (χ0) is 19.2. The highest BCUT2D eigenvalue weighted by Gasteiger charge is 2.13. The standard InChI is InChI=1S/C19H17N3O4S/c1-20-17(23)13-5-2-4-12(10-13)11-21-19(25)15-7-8-16(27-15)22-18(24)14-6-3-9-26-14/h2-10H,11H2,1H3,(H,20,23)(H,21,25)(H,22,24). The fourth-order valence-electron chi connectivity index (χ4n) is 2.34. The molecule has 1 aromatic carbocycles. The number of anilines is 1. The molecule has 2 heterocycles. The molecule has 27 heavy (non-hydrogen) atoms. The predicted octanol–water partition coefficient (Wildman–Crippen LogP) is 2.88. The number of carbonyl (C=O) groups excluding carboxylic acids is 3. The topological polar surface area (TPSA) is 100 Å². The zero-order valence-corrected chi connectivity index (χ0v) is 15.3. The SMILES string of the molecule is CNC(=O)c1cccc(CNC(=O)c2ccc(NC(=O)c3ccco3)s2)c1. The fourth-order valence-corrected chi connectivity index (χ4v) is 3.16. The van der Waals surface area contributed by atoms with Crippen molar-refractivity contribution in [3.63, 3.8) is 0 Å². The molecule has 0 atom stereocenters. The van der Waals surface area contributed by atoms with Gasteiger partial charge >= 0.3 is 0 Å². The average Bonchev–Trinajstić information content (AvgIpc) is 3.38. The number of carbonyl (C=O) groups is 3. The first-order chi connectivity index (χ1) is 13.1. The second-order valence-corrected chi connectivity index (χ2v) is 6.64. The Hall–Kier alpha value is -3.39. The van der Waals surface area contributed by atoms with E-state index in [2.05, 4.69) is 16.0 Å². The summed E-state index contributed by atoms with van der Waals surface area (Å²) in [6, 6.07) is 13.5. The van der Waals surface area contributed by atoms with E-state index in [0.717, 1.165) is 16.9 Å². The lowest BCUT2D eigenvalue weighted by Gasteiger charge is -2.06. The van der Waals surface area contributed by atoms with Gasteiger partial charge in [-0.05, 0) is 42.0 Å². The van der Waals surface area contributed by atoms with Crippen molar-refractivity contribution in [3.05, 3.63) is 76.6 Å². The average molecular weight is 383 g/mol. The molecular formula is C19H17N3O4S. The van der Waals surface area contributed by atoms with Crippen molar-refractivity contribution in [3.8, 4) is 0 Å². The Kier molecular flexibility index (Phi) is 5.68. The Labute approximate surface area is 159 Å². The number of benzene rings is 1. The van der Waals surface area contributed by atoms with E-state index < -0.39 is 0 Å². The second kappa shape index (κ2) is 8.33. The zero-order valence-electron chi connectivity index (χ0n) is 14.4. The third-order valence-electron chi connectivity index (χ3n) is 3.68. The number of rotatable bonds is 6. The van der Waals surface area contributed by atoms with Crippen LogP contribution in [0.5, 0.6) is 0 Å². The molecule has 0 aliphatic heterocycles. The van der Waals surface area contributed by atoms with Gasteiger partial charge in [-0.25, -0.2) is 0 Å². The molecule has 3 rings (SSSR count). The number of nitrogens with one attached hydrogen (secondary N) is 3. The van der Waals surface area contributed by atoms with Crippen LogP contribution in [-0.2, 0) is 6.54 Å². The molecule has 3 amide bonds. The van der Waals surface area contributed by atoms with Crippen LogP contribution in [0, 0.1) is 0 Å². The lowest BCUT2D eigenvalue weighted by Crippen LogP contribution is -2.22. The first kappa shape index (κ1) is 18.4. The molecule has 0 unspecified atom stereocenters. The van der Waals surface area contributed by atoms with Crippen LogP contribution in [-0.4, -0.2) is 24.8 Å². The van der Waals surface area contributed by atoms with Crippen LogP contribution in [0.25, 0.3) is 0 Å². The minimum atomic E-state index is -0.375. The van der Waals surface area contributed by atoms with Crippen molar-refractivity contribution in [1.82, 2.24) is 10.6 Å². The molecule has 3 N–H and O–H groups in total. The highest BCUT2D eigenvalue weighted by Crippen LogP contribution is 2.22. The van der Waals surface area contributed by atoms with Gasteiger partial charge in [0.2, 0.25) is 0 Å². The normalized spacial score (nSPS) is 10.3. The molecule has 3 aromatic rings. The molecule has 0 aliphatic carbocycles. The Bertz CT molecular complexity index is 963. The van der Waals surface area contributed by atoms with Gasteiger partial charge in [-0.15, -0.1) is 11.3 Å². The summed E-state index contributed by atoms with van der Waals surface area (Å²) in [4.78, 5) is 36.4. The van der Waals surface area contributed by atoms with Crippen molar-refractivity contribution in [2.45, 2.75) is 6.54 Å². The fraction of sp³-hybridized carbons (Fsp3) is 0.105. The number of hydrogen-bond donors (Lipinski definition) is 3. The minimum Gasteiger partial charge on any atom is -0.459 e. The van der Waals surface area contributed by atoms with E-state index >= 15 is 0 Å². The number of furan rings is 1. The minimum absolute atomic E-state index is 0.182. The van der Waals surface area contributed by atoms with Gasteiger partial charge in [0, 0.05) is 19.2 Å². The molecule has 0 saturated heterocycles. The van der Waals surface area contributed by atoms with Crippen molar-refractivity contribution >= 4 is 34.1 Å². The lowest BCUT2D eigenvalue weighted by molar-refractivity contribution is 0.0951. The Balaban J connectivity index is 1.58. The smallest absolute Gasteiger partial charge is 0.291 e. The third-order valence-corrected chi connectivity index (χ3v) is 4.68. The summed E-state index contributed by atoms with van der Waals surface area (Å²) < 4.78 is 5.03. The maximum atomic E-state index is 12.3. The molecule has 7 nitrogen and oxygen atoms in total. The second-order valence-electron chi connectivity index (χ2n) is 5.56. The first-order valence-corrected chi connectivity index (χ1v) is 8.92. The van der Waals surface area contributed by atoms with Crippen LogP contribution in [0.1, 0.15) is 36.1 Å². The summed E-state index contributed by atoms with van der Waals surface area (Å²) in [5.41, 5.74) is 1.34. The van der Waals surface area contributed by atoms with Gasteiger partial charge in [-0.1, -0.05) is 12.1 Å². The number of hydrogen-bond acceptors (Lipinski definition) is 5. The Morgan fingerprint density at radius 2 is 1.85 bits per heavy atom. The maximum Gasteiger partial charge on any atom is 0.291 e. The Morgan fingerprint density at radius 3 is 2.59 bits per heavy atom.